The average Bonchev–Trinajstić information content (AvgIpc) is 2.44. The molecule has 0 atom stereocenters. The largest absolute Gasteiger partial charge is 0.346 e. The fraction of sp³-hybridized carbons (Fsp3) is 0.385. The van der Waals surface area contributed by atoms with Gasteiger partial charge in [-0.05, 0) is 32.6 Å². The van der Waals surface area contributed by atoms with Crippen LogP contribution in [0.3, 0.4) is 0 Å². The van der Waals surface area contributed by atoms with Gasteiger partial charge in [-0.15, -0.1) is 0 Å². The standard InChI is InChI=1S/C13H18N2/c1-10-11-7-5-6-8-12(11)15(4)13(10)9-14(2)3/h5-8H,9H2,1-4H3. The van der Waals surface area contributed by atoms with Crippen LogP contribution in [-0.4, -0.2) is 23.6 Å². The highest BCUT2D eigenvalue weighted by Crippen LogP contribution is 2.24. The fourth-order valence-electron chi connectivity index (χ4n) is 2.16. The smallest absolute Gasteiger partial charge is 0.0483 e. The first kappa shape index (κ1) is 10.2. The van der Waals surface area contributed by atoms with E-state index in [2.05, 4.69) is 61.8 Å². The second kappa shape index (κ2) is 3.70. The summed E-state index contributed by atoms with van der Waals surface area (Å²) in [5.74, 6) is 0. The van der Waals surface area contributed by atoms with Crippen LogP contribution in [0.4, 0.5) is 0 Å². The lowest BCUT2D eigenvalue weighted by molar-refractivity contribution is 0.391. The number of para-hydroxylation sites is 1. The highest BCUT2D eigenvalue weighted by Gasteiger charge is 2.10. The molecule has 0 aliphatic carbocycles. The minimum absolute atomic E-state index is 0.997. The number of aromatic nitrogens is 1. The van der Waals surface area contributed by atoms with Crippen molar-refractivity contribution >= 4 is 10.9 Å². The van der Waals surface area contributed by atoms with Gasteiger partial charge in [-0.3, -0.25) is 0 Å². The molecule has 0 radical (unpaired) electrons. The molecule has 0 saturated carbocycles. The monoisotopic (exact) mass is 202 g/mol. The summed E-state index contributed by atoms with van der Waals surface area (Å²) in [5, 5.41) is 1.37. The van der Waals surface area contributed by atoms with E-state index < -0.39 is 0 Å². The summed E-state index contributed by atoms with van der Waals surface area (Å²) in [5.41, 5.74) is 4.13. The second-order valence-electron chi connectivity index (χ2n) is 4.39. The van der Waals surface area contributed by atoms with Gasteiger partial charge >= 0.3 is 0 Å². The van der Waals surface area contributed by atoms with Crippen molar-refractivity contribution in [3.8, 4) is 0 Å². The molecule has 1 aromatic heterocycles. The summed E-state index contributed by atoms with van der Waals surface area (Å²) in [6.07, 6.45) is 0. The van der Waals surface area contributed by atoms with Crippen molar-refractivity contribution in [3.05, 3.63) is 35.5 Å². The zero-order chi connectivity index (χ0) is 11.0. The summed E-state index contributed by atoms with van der Waals surface area (Å²) in [6, 6.07) is 8.58. The Kier molecular flexibility index (Phi) is 2.53. The third-order valence-corrected chi connectivity index (χ3v) is 2.97. The van der Waals surface area contributed by atoms with Crippen LogP contribution in [0.25, 0.3) is 10.9 Å². The van der Waals surface area contributed by atoms with E-state index in [0.29, 0.717) is 0 Å². The van der Waals surface area contributed by atoms with Crippen LogP contribution in [0.15, 0.2) is 24.3 Å². The molecule has 1 heterocycles. The van der Waals surface area contributed by atoms with E-state index in [1.807, 2.05) is 0 Å². The van der Waals surface area contributed by atoms with Crippen molar-refractivity contribution in [2.24, 2.45) is 7.05 Å². The zero-order valence-corrected chi connectivity index (χ0v) is 9.91. The molecule has 0 N–H and O–H groups in total. The third-order valence-electron chi connectivity index (χ3n) is 2.97. The SMILES string of the molecule is Cc1c(CN(C)C)n(C)c2ccccc12. The molecule has 0 unspecified atom stereocenters. The van der Waals surface area contributed by atoms with Crippen molar-refractivity contribution in [3.63, 3.8) is 0 Å². The van der Waals surface area contributed by atoms with Crippen LogP contribution < -0.4 is 0 Å². The van der Waals surface area contributed by atoms with Gasteiger partial charge in [0.2, 0.25) is 0 Å². The predicted molar refractivity (Wildman–Crippen MR) is 65.0 cm³/mol. The van der Waals surface area contributed by atoms with Gasteiger partial charge in [0.1, 0.15) is 0 Å². The molecular formula is C13H18N2. The molecule has 15 heavy (non-hydrogen) atoms. The Labute approximate surface area is 91.1 Å². The number of aryl methyl sites for hydroxylation is 2. The molecule has 0 fully saturated rings. The number of fused-ring (bicyclic) bond motifs is 1. The van der Waals surface area contributed by atoms with Gasteiger partial charge in [-0.2, -0.15) is 0 Å². The number of hydrogen-bond donors (Lipinski definition) is 0. The Morgan fingerprint density at radius 3 is 2.47 bits per heavy atom. The van der Waals surface area contributed by atoms with Crippen LogP contribution in [0.1, 0.15) is 11.3 Å². The number of benzene rings is 1. The average molecular weight is 202 g/mol. The first-order chi connectivity index (χ1) is 7.11. The van der Waals surface area contributed by atoms with Crippen LogP contribution in [0, 0.1) is 6.92 Å². The topological polar surface area (TPSA) is 8.17 Å². The van der Waals surface area contributed by atoms with Crippen LogP contribution in [0.5, 0.6) is 0 Å². The molecule has 2 heteroatoms. The van der Waals surface area contributed by atoms with E-state index >= 15 is 0 Å². The Morgan fingerprint density at radius 1 is 1.20 bits per heavy atom. The molecule has 1 aromatic carbocycles. The maximum atomic E-state index is 2.30. The molecular weight excluding hydrogens is 184 g/mol. The highest BCUT2D eigenvalue weighted by molar-refractivity contribution is 5.85. The quantitative estimate of drug-likeness (QED) is 0.726. The van der Waals surface area contributed by atoms with E-state index in [9.17, 15) is 0 Å². The summed E-state index contributed by atoms with van der Waals surface area (Å²) in [7, 11) is 6.36. The lowest BCUT2D eigenvalue weighted by Crippen LogP contribution is -2.14. The van der Waals surface area contributed by atoms with Crippen molar-refractivity contribution in [2.75, 3.05) is 14.1 Å². The van der Waals surface area contributed by atoms with Crippen LogP contribution in [-0.2, 0) is 13.6 Å². The Morgan fingerprint density at radius 2 is 1.87 bits per heavy atom. The Balaban J connectivity index is 2.64. The van der Waals surface area contributed by atoms with Gasteiger partial charge in [0.05, 0.1) is 0 Å². The van der Waals surface area contributed by atoms with E-state index in [4.69, 9.17) is 0 Å². The maximum absolute atomic E-state index is 2.30. The normalized spacial score (nSPS) is 11.5. The third kappa shape index (κ3) is 1.65. The molecule has 0 bridgehead atoms. The van der Waals surface area contributed by atoms with E-state index in [1.165, 1.54) is 22.2 Å². The Bertz CT molecular complexity index is 441. The van der Waals surface area contributed by atoms with Gasteiger partial charge in [-0.25, -0.2) is 0 Å². The fourth-order valence-corrected chi connectivity index (χ4v) is 2.16. The molecule has 2 rings (SSSR count). The lowest BCUT2D eigenvalue weighted by Gasteiger charge is -2.11. The van der Waals surface area contributed by atoms with Crippen molar-refractivity contribution in [1.29, 1.82) is 0 Å². The van der Waals surface area contributed by atoms with Gasteiger partial charge in [-0.1, -0.05) is 18.2 Å². The minimum Gasteiger partial charge on any atom is -0.346 e. The van der Waals surface area contributed by atoms with Crippen LogP contribution >= 0.6 is 0 Å². The van der Waals surface area contributed by atoms with E-state index in [1.54, 1.807) is 0 Å². The molecule has 0 amide bonds. The van der Waals surface area contributed by atoms with Gasteiger partial charge in [0.25, 0.3) is 0 Å². The predicted octanol–water partition coefficient (Wildman–Crippen LogP) is 2.55. The zero-order valence-electron chi connectivity index (χ0n) is 9.91. The van der Waals surface area contributed by atoms with Crippen molar-refractivity contribution in [1.82, 2.24) is 9.47 Å². The highest BCUT2D eigenvalue weighted by atomic mass is 15.1. The summed E-state index contributed by atoms with van der Waals surface area (Å²) in [6.45, 7) is 3.21. The number of rotatable bonds is 2. The molecule has 2 nitrogen and oxygen atoms in total. The second-order valence-corrected chi connectivity index (χ2v) is 4.39. The molecule has 0 spiro atoms. The van der Waals surface area contributed by atoms with Crippen LogP contribution in [0.2, 0.25) is 0 Å². The number of hydrogen-bond acceptors (Lipinski definition) is 1. The summed E-state index contributed by atoms with van der Waals surface area (Å²) >= 11 is 0. The van der Waals surface area contributed by atoms with Gasteiger partial charge in [0, 0.05) is 30.2 Å². The van der Waals surface area contributed by atoms with Crippen molar-refractivity contribution in [2.45, 2.75) is 13.5 Å². The summed E-state index contributed by atoms with van der Waals surface area (Å²) in [4.78, 5) is 2.21. The summed E-state index contributed by atoms with van der Waals surface area (Å²) < 4.78 is 2.30. The van der Waals surface area contributed by atoms with Gasteiger partial charge in [0.15, 0.2) is 0 Å². The molecule has 0 aliphatic heterocycles. The Hall–Kier alpha value is -1.28. The molecule has 2 aromatic rings. The van der Waals surface area contributed by atoms with Crippen molar-refractivity contribution < 1.29 is 0 Å². The lowest BCUT2D eigenvalue weighted by atomic mass is 10.1. The first-order valence-corrected chi connectivity index (χ1v) is 5.29. The molecule has 0 saturated heterocycles. The molecule has 0 aliphatic rings. The first-order valence-electron chi connectivity index (χ1n) is 5.29. The van der Waals surface area contributed by atoms with Gasteiger partial charge < -0.3 is 9.47 Å². The maximum Gasteiger partial charge on any atom is 0.0483 e. The van der Waals surface area contributed by atoms with E-state index in [0.717, 1.165) is 6.54 Å². The molecule has 80 valence electrons. The minimum atomic E-state index is 0.997. The van der Waals surface area contributed by atoms with E-state index in [-0.39, 0.29) is 0 Å². The number of nitrogens with zero attached hydrogens (tertiary/aromatic N) is 2.